The lowest BCUT2D eigenvalue weighted by atomic mass is 9.74. The molecule has 1 amide bonds. The minimum atomic E-state index is 0.108. The van der Waals surface area contributed by atoms with Crippen LogP contribution in [0.4, 0.5) is 0 Å². The van der Waals surface area contributed by atoms with Crippen LogP contribution in [-0.2, 0) is 5.41 Å². The molecule has 3 aromatic rings. The molecule has 1 spiro atoms. The number of rotatable bonds is 1. The van der Waals surface area contributed by atoms with Crippen molar-refractivity contribution in [1.82, 2.24) is 9.88 Å². The number of carbonyl (C=O) groups is 1. The SMILES string of the molecule is Cc1cc(C)c2[nH]c(C(=O)N3CCC4(C=Cc5ccccc54)CC3)c(C)c2c1. The van der Waals surface area contributed by atoms with Crippen LogP contribution in [0, 0.1) is 20.8 Å². The summed E-state index contributed by atoms with van der Waals surface area (Å²) in [5.41, 5.74) is 8.21. The highest BCUT2D eigenvalue weighted by atomic mass is 16.2. The first-order valence-corrected chi connectivity index (χ1v) is 10.2. The molecule has 0 unspecified atom stereocenters. The van der Waals surface area contributed by atoms with Crippen molar-refractivity contribution in [2.75, 3.05) is 13.1 Å². The molecule has 0 atom stereocenters. The number of hydrogen-bond donors (Lipinski definition) is 1. The smallest absolute Gasteiger partial charge is 0.270 e. The van der Waals surface area contributed by atoms with E-state index < -0.39 is 0 Å². The van der Waals surface area contributed by atoms with Gasteiger partial charge in [-0.1, -0.05) is 48.0 Å². The maximum atomic E-state index is 13.3. The first-order valence-electron chi connectivity index (χ1n) is 10.2. The van der Waals surface area contributed by atoms with Crippen LogP contribution >= 0.6 is 0 Å². The molecule has 1 aliphatic heterocycles. The standard InChI is InChI=1S/C25H26N2O/c1-16-14-17(2)22-20(15-16)18(3)23(26-22)24(28)27-12-10-25(11-13-27)9-8-19-6-4-5-7-21(19)25/h4-9,14-15,26H,10-13H2,1-3H3. The van der Waals surface area contributed by atoms with E-state index in [9.17, 15) is 4.79 Å². The van der Waals surface area contributed by atoms with Crippen LogP contribution in [-0.4, -0.2) is 28.9 Å². The number of piperidine rings is 1. The molecule has 3 nitrogen and oxygen atoms in total. The molecule has 1 saturated heterocycles. The minimum Gasteiger partial charge on any atom is -0.350 e. The van der Waals surface area contributed by atoms with Crippen LogP contribution in [0.5, 0.6) is 0 Å². The zero-order valence-corrected chi connectivity index (χ0v) is 16.8. The van der Waals surface area contributed by atoms with Crippen LogP contribution in [0.1, 0.15) is 51.1 Å². The van der Waals surface area contributed by atoms with Crippen LogP contribution in [0.2, 0.25) is 0 Å². The van der Waals surface area contributed by atoms with Crippen molar-refractivity contribution in [3.8, 4) is 0 Å². The highest BCUT2D eigenvalue weighted by Crippen LogP contribution is 2.43. The van der Waals surface area contributed by atoms with E-state index in [-0.39, 0.29) is 11.3 Å². The fourth-order valence-corrected chi connectivity index (χ4v) is 5.13. The van der Waals surface area contributed by atoms with Crippen molar-refractivity contribution in [2.24, 2.45) is 0 Å². The quantitative estimate of drug-likeness (QED) is 0.620. The molecule has 0 saturated carbocycles. The molecular formula is C25H26N2O. The van der Waals surface area contributed by atoms with E-state index in [1.165, 1.54) is 27.6 Å². The van der Waals surface area contributed by atoms with Gasteiger partial charge in [-0.15, -0.1) is 0 Å². The highest BCUT2D eigenvalue weighted by Gasteiger charge is 2.39. The van der Waals surface area contributed by atoms with Crippen molar-refractivity contribution >= 4 is 22.9 Å². The maximum Gasteiger partial charge on any atom is 0.270 e. The molecule has 2 heterocycles. The number of amides is 1. The number of H-pyrrole nitrogens is 1. The second-order valence-corrected chi connectivity index (χ2v) is 8.50. The Hall–Kier alpha value is -2.81. The molecule has 1 fully saturated rings. The van der Waals surface area contributed by atoms with Gasteiger partial charge in [-0.25, -0.2) is 0 Å². The Kier molecular flexibility index (Phi) is 3.77. The van der Waals surface area contributed by atoms with Crippen molar-refractivity contribution in [2.45, 2.75) is 39.0 Å². The van der Waals surface area contributed by atoms with E-state index in [0.717, 1.165) is 42.7 Å². The molecular weight excluding hydrogens is 344 g/mol. The third-order valence-corrected chi connectivity index (χ3v) is 6.74. The summed E-state index contributed by atoms with van der Waals surface area (Å²) in [6, 6.07) is 13.0. The van der Waals surface area contributed by atoms with Crippen LogP contribution in [0.3, 0.4) is 0 Å². The number of allylic oxidation sites excluding steroid dienone is 1. The van der Waals surface area contributed by atoms with E-state index in [2.05, 4.69) is 74.3 Å². The number of aromatic nitrogens is 1. The van der Waals surface area contributed by atoms with Crippen LogP contribution in [0.15, 0.2) is 42.5 Å². The predicted octanol–water partition coefficient (Wildman–Crippen LogP) is 5.29. The lowest BCUT2D eigenvalue weighted by Gasteiger charge is -2.39. The Morgan fingerprint density at radius 2 is 1.82 bits per heavy atom. The molecule has 2 aromatic carbocycles. The average molecular weight is 370 g/mol. The van der Waals surface area contributed by atoms with Crippen LogP contribution in [0.25, 0.3) is 17.0 Å². The number of nitrogens with one attached hydrogen (secondary N) is 1. The molecule has 0 radical (unpaired) electrons. The number of hydrogen-bond acceptors (Lipinski definition) is 1. The summed E-state index contributed by atoms with van der Waals surface area (Å²) >= 11 is 0. The maximum absolute atomic E-state index is 13.3. The lowest BCUT2D eigenvalue weighted by molar-refractivity contribution is 0.0684. The summed E-state index contributed by atoms with van der Waals surface area (Å²) < 4.78 is 0. The zero-order chi connectivity index (χ0) is 19.5. The van der Waals surface area contributed by atoms with E-state index in [1.807, 2.05) is 4.90 Å². The largest absolute Gasteiger partial charge is 0.350 e. The summed E-state index contributed by atoms with van der Waals surface area (Å²) in [6.07, 6.45) is 6.59. The van der Waals surface area contributed by atoms with E-state index in [1.54, 1.807) is 0 Å². The Bertz CT molecular complexity index is 1130. The van der Waals surface area contributed by atoms with Gasteiger partial charge >= 0.3 is 0 Å². The van der Waals surface area contributed by atoms with Gasteiger partial charge in [0.15, 0.2) is 0 Å². The average Bonchev–Trinajstić information content (AvgIpc) is 3.22. The molecule has 1 N–H and O–H groups in total. The van der Waals surface area contributed by atoms with E-state index in [4.69, 9.17) is 0 Å². The molecule has 1 aromatic heterocycles. The molecule has 5 rings (SSSR count). The van der Waals surface area contributed by atoms with Gasteiger partial charge in [0.05, 0.1) is 0 Å². The summed E-state index contributed by atoms with van der Waals surface area (Å²) in [5, 5.41) is 1.17. The van der Waals surface area contributed by atoms with Gasteiger partial charge in [-0.3, -0.25) is 4.79 Å². The third-order valence-electron chi connectivity index (χ3n) is 6.74. The second kappa shape index (κ2) is 6.10. The lowest BCUT2D eigenvalue weighted by Crippen LogP contribution is -2.44. The van der Waals surface area contributed by atoms with Crippen LogP contribution < -0.4 is 0 Å². The second-order valence-electron chi connectivity index (χ2n) is 8.50. The number of nitrogens with zero attached hydrogens (tertiary/aromatic N) is 1. The number of fused-ring (bicyclic) bond motifs is 3. The molecule has 28 heavy (non-hydrogen) atoms. The number of benzene rings is 2. The normalized spacial score (nSPS) is 17.5. The number of likely N-dealkylation sites (tertiary alicyclic amines) is 1. The Balaban J connectivity index is 1.42. The molecule has 1 aliphatic carbocycles. The first kappa shape index (κ1) is 17.3. The van der Waals surface area contributed by atoms with Gasteiger partial charge in [0.1, 0.15) is 5.69 Å². The van der Waals surface area contributed by atoms with Crippen molar-refractivity contribution < 1.29 is 4.79 Å². The monoisotopic (exact) mass is 370 g/mol. The van der Waals surface area contributed by atoms with Crippen molar-refractivity contribution in [1.29, 1.82) is 0 Å². The fourth-order valence-electron chi connectivity index (χ4n) is 5.13. The minimum absolute atomic E-state index is 0.108. The van der Waals surface area contributed by atoms with Crippen molar-refractivity contribution in [3.05, 3.63) is 76.0 Å². The molecule has 2 aliphatic rings. The zero-order valence-electron chi connectivity index (χ0n) is 16.8. The van der Waals surface area contributed by atoms with Gasteiger partial charge in [0.2, 0.25) is 0 Å². The number of carbonyl (C=O) groups excluding carboxylic acids is 1. The summed E-state index contributed by atoms with van der Waals surface area (Å²) in [4.78, 5) is 18.8. The predicted molar refractivity (Wildman–Crippen MR) is 115 cm³/mol. The number of aryl methyl sites for hydroxylation is 3. The van der Waals surface area contributed by atoms with Gasteiger partial charge in [-0.2, -0.15) is 0 Å². The summed E-state index contributed by atoms with van der Waals surface area (Å²) in [7, 11) is 0. The molecule has 142 valence electrons. The van der Waals surface area contributed by atoms with E-state index >= 15 is 0 Å². The third kappa shape index (κ3) is 2.46. The Morgan fingerprint density at radius 1 is 1.07 bits per heavy atom. The Labute approximate surface area is 166 Å². The number of aromatic amines is 1. The van der Waals surface area contributed by atoms with Gasteiger partial charge in [0, 0.05) is 29.4 Å². The summed E-state index contributed by atoms with van der Waals surface area (Å²) in [5.74, 6) is 0.135. The summed E-state index contributed by atoms with van der Waals surface area (Å²) in [6.45, 7) is 7.87. The fraction of sp³-hybridized carbons (Fsp3) is 0.320. The molecule has 3 heteroatoms. The van der Waals surface area contributed by atoms with Gasteiger partial charge in [-0.05, 0) is 61.9 Å². The van der Waals surface area contributed by atoms with Crippen molar-refractivity contribution in [3.63, 3.8) is 0 Å². The first-order chi connectivity index (χ1) is 13.5. The highest BCUT2D eigenvalue weighted by molar-refractivity contribution is 6.01. The van der Waals surface area contributed by atoms with Gasteiger partial charge in [0.25, 0.3) is 5.91 Å². The Morgan fingerprint density at radius 3 is 2.61 bits per heavy atom. The van der Waals surface area contributed by atoms with E-state index in [0.29, 0.717) is 0 Å². The molecule has 0 bridgehead atoms. The van der Waals surface area contributed by atoms with Gasteiger partial charge < -0.3 is 9.88 Å². The topological polar surface area (TPSA) is 36.1 Å².